The van der Waals surface area contributed by atoms with Gasteiger partial charge in [-0.15, -0.1) is 0 Å². The molecule has 0 spiro atoms. The minimum absolute atomic E-state index is 0.166. The van der Waals surface area contributed by atoms with Gasteiger partial charge in [0.1, 0.15) is 0 Å². The minimum atomic E-state index is -4.18. The van der Waals surface area contributed by atoms with E-state index in [2.05, 4.69) is 26.2 Å². The number of aryl methyl sites for hydroxylation is 2. The molecule has 0 radical (unpaired) electrons. The maximum Gasteiger partial charge on any atom is 0.333 e. The van der Waals surface area contributed by atoms with Crippen molar-refractivity contribution in [3.05, 3.63) is 53.3 Å². The van der Waals surface area contributed by atoms with Crippen molar-refractivity contribution in [2.45, 2.75) is 56.6 Å². The number of anilines is 1. The molecule has 2 N–H and O–H groups in total. The third-order valence-electron chi connectivity index (χ3n) is 6.65. The number of fused-ring (bicyclic) bond motifs is 8. The second kappa shape index (κ2) is 10.5. The molecular weight excluding hydrogens is 492 g/mol. The Morgan fingerprint density at radius 3 is 2.78 bits per heavy atom. The number of ether oxygens (including phenoxy) is 1. The van der Waals surface area contributed by atoms with Gasteiger partial charge in [0.05, 0.1) is 18.0 Å². The highest BCUT2D eigenvalue weighted by Gasteiger charge is 2.26. The van der Waals surface area contributed by atoms with Gasteiger partial charge in [-0.3, -0.25) is 4.68 Å². The number of amides is 2. The summed E-state index contributed by atoms with van der Waals surface area (Å²) in [5.74, 6) is 0.516. The molecule has 4 bridgehead atoms. The fraction of sp³-hybridized carbons (Fsp3) is 0.423. The minimum Gasteiger partial charge on any atom is -0.478 e. The molecule has 0 unspecified atom stereocenters. The molecule has 196 valence electrons. The smallest absolute Gasteiger partial charge is 0.333 e. The van der Waals surface area contributed by atoms with Crippen LogP contribution in [0.5, 0.6) is 5.88 Å². The van der Waals surface area contributed by atoms with Gasteiger partial charge in [-0.25, -0.2) is 14.5 Å². The maximum atomic E-state index is 13.2. The summed E-state index contributed by atoms with van der Waals surface area (Å²) in [5.41, 5.74) is 5.19. The Morgan fingerprint density at radius 2 is 1.95 bits per heavy atom. The van der Waals surface area contributed by atoms with Crippen LogP contribution in [0, 0.1) is 0 Å². The first-order chi connectivity index (χ1) is 17.8. The summed E-state index contributed by atoms with van der Waals surface area (Å²) in [6, 6.07) is 8.47. The molecule has 3 heterocycles. The lowest BCUT2D eigenvalue weighted by Crippen LogP contribution is -2.35. The lowest BCUT2D eigenvalue weighted by Gasteiger charge is -2.17. The zero-order valence-corrected chi connectivity index (χ0v) is 22.0. The van der Waals surface area contributed by atoms with E-state index in [4.69, 9.17) is 4.74 Å². The number of hydrogen-bond donors (Lipinski definition) is 2. The quantitative estimate of drug-likeness (QED) is 0.526. The molecule has 0 saturated heterocycles. The maximum absolute atomic E-state index is 13.2. The fourth-order valence-corrected chi connectivity index (χ4v) is 5.84. The van der Waals surface area contributed by atoms with E-state index in [1.165, 1.54) is 6.07 Å². The molecule has 5 rings (SSSR count). The number of benzene rings is 1. The van der Waals surface area contributed by atoms with Gasteiger partial charge in [-0.2, -0.15) is 13.5 Å². The molecule has 1 aliphatic carbocycles. The Kier molecular flexibility index (Phi) is 7.16. The van der Waals surface area contributed by atoms with Crippen LogP contribution in [-0.2, 0) is 36.0 Å². The Labute approximate surface area is 217 Å². The van der Waals surface area contributed by atoms with Gasteiger partial charge in [-0.1, -0.05) is 12.1 Å². The number of nitrogens with zero attached hydrogens (tertiary/aromatic N) is 4. The van der Waals surface area contributed by atoms with Crippen LogP contribution in [0.3, 0.4) is 0 Å². The zero-order valence-electron chi connectivity index (χ0n) is 21.2. The SMILES string of the molecule is CN(C)Cc1cc2nn1CCCCCOc1cc(ccn1)-c1ccc3c(c1NC(=O)NS2(=O)=O)CCC3. The molecule has 0 fully saturated rings. The van der Waals surface area contributed by atoms with Crippen molar-refractivity contribution in [3.63, 3.8) is 0 Å². The number of nitrogens with one attached hydrogen (secondary N) is 2. The topological polar surface area (TPSA) is 118 Å². The standard InChI is InChI=1S/C26H32N6O4S/c1-31(2)17-20-16-24-29-32(20)13-4-3-5-14-36-23-15-19(11-12-27-23)22-10-9-18-7-6-8-21(18)25(22)28-26(33)30-37(24,34)35/h9-12,15-16H,3-8,13-14,17H2,1-2H3,(H2,28,30,33). The molecule has 2 amide bonds. The summed E-state index contributed by atoms with van der Waals surface area (Å²) in [6.07, 6.45) is 6.92. The van der Waals surface area contributed by atoms with Crippen LogP contribution in [0.1, 0.15) is 42.5 Å². The van der Waals surface area contributed by atoms with Crippen LogP contribution < -0.4 is 14.8 Å². The third kappa shape index (κ3) is 5.62. The zero-order chi connectivity index (χ0) is 26.0. The van der Waals surface area contributed by atoms with Crippen molar-refractivity contribution in [1.82, 2.24) is 24.4 Å². The van der Waals surface area contributed by atoms with Gasteiger partial charge in [0.15, 0.2) is 5.03 Å². The largest absolute Gasteiger partial charge is 0.478 e. The number of pyridine rings is 1. The number of carbonyl (C=O) groups is 1. The molecule has 2 aliphatic rings. The molecule has 3 aromatic rings. The van der Waals surface area contributed by atoms with Gasteiger partial charge in [0.2, 0.25) is 5.88 Å². The molecule has 1 aliphatic heterocycles. The molecule has 0 saturated carbocycles. The van der Waals surface area contributed by atoms with E-state index in [0.717, 1.165) is 66.5 Å². The molecule has 37 heavy (non-hydrogen) atoms. The summed E-state index contributed by atoms with van der Waals surface area (Å²) in [4.78, 5) is 19.4. The Hall–Kier alpha value is -3.44. The van der Waals surface area contributed by atoms with Crippen molar-refractivity contribution < 1.29 is 17.9 Å². The van der Waals surface area contributed by atoms with Crippen molar-refractivity contribution in [1.29, 1.82) is 0 Å². The van der Waals surface area contributed by atoms with Crippen LogP contribution in [0.25, 0.3) is 11.1 Å². The fourth-order valence-electron chi connectivity index (χ4n) is 4.94. The number of carbonyl (C=O) groups excluding carboxylic acids is 1. The van der Waals surface area contributed by atoms with Gasteiger partial charge < -0.3 is 15.0 Å². The second-order valence-corrected chi connectivity index (χ2v) is 11.4. The van der Waals surface area contributed by atoms with Crippen molar-refractivity contribution in [2.24, 2.45) is 0 Å². The number of hydrogen-bond acceptors (Lipinski definition) is 7. The summed E-state index contributed by atoms with van der Waals surface area (Å²) in [6.45, 7) is 1.62. The highest BCUT2D eigenvalue weighted by molar-refractivity contribution is 7.90. The van der Waals surface area contributed by atoms with Gasteiger partial charge in [0, 0.05) is 37.0 Å². The van der Waals surface area contributed by atoms with E-state index in [1.807, 2.05) is 37.2 Å². The van der Waals surface area contributed by atoms with E-state index >= 15 is 0 Å². The average molecular weight is 525 g/mol. The Balaban J connectivity index is 1.53. The second-order valence-electron chi connectivity index (χ2n) is 9.77. The number of rotatable bonds is 2. The normalized spacial score (nSPS) is 17.5. The lowest BCUT2D eigenvalue weighted by molar-refractivity contribution is 0.256. The highest BCUT2D eigenvalue weighted by atomic mass is 32.2. The average Bonchev–Trinajstić information content (AvgIpc) is 3.48. The molecule has 10 nitrogen and oxygen atoms in total. The van der Waals surface area contributed by atoms with Gasteiger partial charge >= 0.3 is 6.03 Å². The van der Waals surface area contributed by atoms with Gasteiger partial charge in [0.25, 0.3) is 10.0 Å². The van der Waals surface area contributed by atoms with Crippen molar-refractivity contribution >= 4 is 21.7 Å². The summed E-state index contributed by atoms with van der Waals surface area (Å²) >= 11 is 0. The van der Waals surface area contributed by atoms with E-state index in [-0.39, 0.29) is 5.03 Å². The molecular formula is C26H32N6O4S. The number of urea groups is 1. The van der Waals surface area contributed by atoms with E-state index in [0.29, 0.717) is 31.3 Å². The molecule has 0 atom stereocenters. The first-order valence-electron chi connectivity index (χ1n) is 12.6. The van der Waals surface area contributed by atoms with Crippen LogP contribution in [-0.4, -0.2) is 54.8 Å². The van der Waals surface area contributed by atoms with Gasteiger partial charge in [-0.05, 0) is 75.4 Å². The van der Waals surface area contributed by atoms with Crippen LogP contribution in [0.2, 0.25) is 0 Å². The third-order valence-corrected chi connectivity index (χ3v) is 7.86. The predicted octanol–water partition coefficient (Wildman–Crippen LogP) is 3.57. The van der Waals surface area contributed by atoms with Crippen LogP contribution >= 0.6 is 0 Å². The summed E-state index contributed by atoms with van der Waals surface area (Å²) < 4.78 is 36.2. The first-order valence-corrected chi connectivity index (χ1v) is 14.1. The first kappa shape index (κ1) is 25.2. The molecule has 11 heteroatoms. The predicted molar refractivity (Wildman–Crippen MR) is 140 cm³/mol. The van der Waals surface area contributed by atoms with E-state index < -0.39 is 16.1 Å². The lowest BCUT2D eigenvalue weighted by atomic mass is 9.98. The van der Waals surface area contributed by atoms with Crippen LogP contribution in [0.4, 0.5) is 10.5 Å². The monoisotopic (exact) mass is 524 g/mol. The molecule has 1 aromatic carbocycles. The van der Waals surface area contributed by atoms with E-state index in [1.54, 1.807) is 10.9 Å². The Morgan fingerprint density at radius 1 is 1.08 bits per heavy atom. The van der Waals surface area contributed by atoms with Crippen molar-refractivity contribution in [3.8, 4) is 17.0 Å². The van der Waals surface area contributed by atoms with Crippen LogP contribution in [0.15, 0.2) is 41.6 Å². The highest BCUT2D eigenvalue weighted by Crippen LogP contribution is 2.38. The number of sulfonamides is 1. The summed E-state index contributed by atoms with van der Waals surface area (Å²) in [7, 11) is -0.354. The van der Waals surface area contributed by atoms with Crippen molar-refractivity contribution in [2.75, 3.05) is 26.0 Å². The van der Waals surface area contributed by atoms with E-state index in [9.17, 15) is 13.2 Å². The summed E-state index contributed by atoms with van der Waals surface area (Å²) in [5, 5.41) is 7.03. The molecule has 2 aromatic heterocycles. The number of aromatic nitrogens is 3. The Bertz CT molecular complexity index is 1420.